The van der Waals surface area contributed by atoms with Crippen LogP contribution in [0.4, 0.5) is 0 Å². The van der Waals surface area contributed by atoms with Gasteiger partial charge in [-0.3, -0.25) is 4.79 Å². The van der Waals surface area contributed by atoms with E-state index < -0.39 is 0 Å². The van der Waals surface area contributed by atoms with Crippen LogP contribution in [0, 0.1) is 0 Å². The van der Waals surface area contributed by atoms with Crippen LogP contribution >= 0.6 is 0 Å². The molecular formula is C21H29NO2. The highest BCUT2D eigenvalue weighted by molar-refractivity contribution is 5.76. The van der Waals surface area contributed by atoms with Gasteiger partial charge in [0.25, 0.3) is 0 Å². The van der Waals surface area contributed by atoms with Crippen LogP contribution in [-0.2, 0) is 30.8 Å². The third-order valence-corrected chi connectivity index (χ3v) is 4.38. The molecule has 0 aliphatic carbocycles. The van der Waals surface area contributed by atoms with Gasteiger partial charge in [0.2, 0.25) is 0 Å². The highest BCUT2D eigenvalue weighted by atomic mass is 16.5. The third-order valence-electron chi connectivity index (χ3n) is 4.38. The maximum absolute atomic E-state index is 11.5. The maximum Gasteiger partial charge on any atom is 0.166 e. The summed E-state index contributed by atoms with van der Waals surface area (Å²) in [6.07, 6.45) is 7.49. The van der Waals surface area contributed by atoms with Gasteiger partial charge in [-0.15, -0.1) is 0 Å². The van der Waals surface area contributed by atoms with Gasteiger partial charge in [-0.1, -0.05) is 57.0 Å². The minimum atomic E-state index is 0.529. The molecule has 1 aromatic carbocycles. The number of benzene rings is 1. The first-order valence-corrected chi connectivity index (χ1v) is 9.09. The number of aldehydes is 1. The highest BCUT2D eigenvalue weighted by Crippen LogP contribution is 2.24. The summed E-state index contributed by atoms with van der Waals surface area (Å²) in [7, 11) is 0. The zero-order valence-electron chi connectivity index (χ0n) is 14.9. The van der Waals surface area contributed by atoms with Crippen LogP contribution in [0.5, 0.6) is 0 Å². The number of rotatable bonds is 11. The molecule has 1 N–H and O–H groups in total. The monoisotopic (exact) mass is 327 g/mol. The van der Waals surface area contributed by atoms with Crippen LogP contribution in [0.3, 0.4) is 0 Å². The molecule has 0 bridgehead atoms. The molecule has 0 aliphatic rings. The summed E-state index contributed by atoms with van der Waals surface area (Å²) < 4.78 is 5.90. The summed E-state index contributed by atoms with van der Waals surface area (Å²) in [6.45, 7) is 5.50. The van der Waals surface area contributed by atoms with Gasteiger partial charge in [-0.05, 0) is 42.4 Å². The van der Waals surface area contributed by atoms with Crippen LogP contribution in [0.1, 0.15) is 72.4 Å². The van der Waals surface area contributed by atoms with Gasteiger partial charge in [0.1, 0.15) is 0 Å². The topological polar surface area (TPSA) is 42.1 Å². The lowest BCUT2D eigenvalue weighted by molar-refractivity contribution is 0.104. The minimum absolute atomic E-state index is 0.529. The summed E-state index contributed by atoms with van der Waals surface area (Å²) in [6, 6.07) is 10.2. The molecule has 2 rings (SSSR count). The van der Waals surface area contributed by atoms with Gasteiger partial charge in [0.15, 0.2) is 6.29 Å². The fraction of sp³-hybridized carbons (Fsp3) is 0.476. The largest absolute Gasteiger partial charge is 0.371 e. The molecule has 2 aromatic rings. The first kappa shape index (κ1) is 18.5. The van der Waals surface area contributed by atoms with E-state index in [1.165, 1.54) is 16.7 Å². The van der Waals surface area contributed by atoms with Crippen molar-refractivity contribution >= 4 is 6.29 Å². The Balaban J connectivity index is 2.10. The van der Waals surface area contributed by atoms with Gasteiger partial charge in [0.05, 0.1) is 18.9 Å². The van der Waals surface area contributed by atoms with Crippen molar-refractivity contribution in [2.24, 2.45) is 0 Å². The maximum atomic E-state index is 11.5. The molecule has 1 heterocycles. The van der Waals surface area contributed by atoms with Gasteiger partial charge in [-0.25, -0.2) is 0 Å². The van der Waals surface area contributed by atoms with E-state index in [-0.39, 0.29) is 0 Å². The lowest BCUT2D eigenvalue weighted by Gasteiger charge is -2.08. The predicted octanol–water partition coefficient (Wildman–Crippen LogP) is 5.23. The Hall–Kier alpha value is -1.87. The molecule has 24 heavy (non-hydrogen) atoms. The summed E-state index contributed by atoms with van der Waals surface area (Å²) in [4.78, 5) is 14.8. The first-order valence-electron chi connectivity index (χ1n) is 9.09. The number of unbranched alkanes of at least 4 members (excludes halogenated alkanes) is 2. The molecule has 0 saturated carbocycles. The van der Waals surface area contributed by atoms with Crippen molar-refractivity contribution in [1.82, 2.24) is 4.98 Å². The molecule has 1 aromatic heterocycles. The van der Waals surface area contributed by atoms with E-state index in [2.05, 4.69) is 31.0 Å². The Morgan fingerprint density at radius 3 is 2.25 bits per heavy atom. The van der Waals surface area contributed by atoms with Crippen molar-refractivity contribution < 1.29 is 9.53 Å². The summed E-state index contributed by atoms with van der Waals surface area (Å²) >= 11 is 0. The van der Waals surface area contributed by atoms with Crippen molar-refractivity contribution in [3.8, 4) is 0 Å². The molecule has 0 unspecified atom stereocenters. The second-order valence-electron chi connectivity index (χ2n) is 6.28. The lowest BCUT2D eigenvalue weighted by atomic mass is 9.98. The molecule has 3 heteroatoms. The highest BCUT2D eigenvalue weighted by Gasteiger charge is 2.16. The van der Waals surface area contributed by atoms with Crippen LogP contribution in [0.2, 0.25) is 0 Å². The van der Waals surface area contributed by atoms with E-state index in [0.29, 0.717) is 13.2 Å². The van der Waals surface area contributed by atoms with Gasteiger partial charge >= 0.3 is 0 Å². The summed E-state index contributed by atoms with van der Waals surface area (Å²) in [5.74, 6) is 0. The Morgan fingerprint density at radius 1 is 0.958 bits per heavy atom. The van der Waals surface area contributed by atoms with E-state index in [1.54, 1.807) is 0 Å². The zero-order chi connectivity index (χ0) is 17.2. The second kappa shape index (κ2) is 10.1. The van der Waals surface area contributed by atoms with Crippen molar-refractivity contribution in [3.63, 3.8) is 0 Å². The molecule has 130 valence electrons. The quantitative estimate of drug-likeness (QED) is 0.574. The fourth-order valence-corrected chi connectivity index (χ4v) is 3.02. The van der Waals surface area contributed by atoms with Crippen molar-refractivity contribution in [1.29, 1.82) is 0 Å². The SMILES string of the molecule is CCCCc1c(C=O)[nH]c(COCc2ccccc2)c1CCCC. The molecule has 0 saturated heterocycles. The van der Waals surface area contributed by atoms with Crippen molar-refractivity contribution in [3.05, 3.63) is 58.4 Å². The molecule has 0 amide bonds. The number of hydrogen-bond acceptors (Lipinski definition) is 2. The van der Waals surface area contributed by atoms with Gasteiger partial charge in [-0.2, -0.15) is 0 Å². The van der Waals surface area contributed by atoms with E-state index in [4.69, 9.17) is 4.74 Å². The average molecular weight is 327 g/mol. The predicted molar refractivity (Wildman–Crippen MR) is 98.3 cm³/mol. The second-order valence-corrected chi connectivity index (χ2v) is 6.28. The van der Waals surface area contributed by atoms with E-state index in [0.717, 1.165) is 56.2 Å². The first-order chi connectivity index (χ1) is 11.8. The Kier molecular flexibility index (Phi) is 7.76. The van der Waals surface area contributed by atoms with Crippen molar-refractivity contribution in [2.45, 2.75) is 65.6 Å². The van der Waals surface area contributed by atoms with Crippen LogP contribution < -0.4 is 0 Å². The number of carbonyl (C=O) groups excluding carboxylic acids is 1. The molecular weight excluding hydrogens is 298 g/mol. The normalized spacial score (nSPS) is 10.9. The molecule has 0 atom stereocenters. The van der Waals surface area contributed by atoms with Crippen LogP contribution in [0.25, 0.3) is 0 Å². The summed E-state index contributed by atoms with van der Waals surface area (Å²) in [5, 5.41) is 0. The number of H-pyrrole nitrogens is 1. The van der Waals surface area contributed by atoms with Crippen molar-refractivity contribution in [2.75, 3.05) is 0 Å². The van der Waals surface area contributed by atoms with E-state index in [9.17, 15) is 4.79 Å². The van der Waals surface area contributed by atoms with E-state index >= 15 is 0 Å². The number of carbonyl (C=O) groups is 1. The van der Waals surface area contributed by atoms with Crippen LogP contribution in [0.15, 0.2) is 30.3 Å². The van der Waals surface area contributed by atoms with Gasteiger partial charge < -0.3 is 9.72 Å². The van der Waals surface area contributed by atoms with Crippen LogP contribution in [-0.4, -0.2) is 11.3 Å². The average Bonchev–Trinajstić information content (AvgIpc) is 2.95. The molecule has 0 aliphatic heterocycles. The smallest absolute Gasteiger partial charge is 0.166 e. The number of hydrogen-bond donors (Lipinski definition) is 1. The number of nitrogens with one attached hydrogen (secondary N) is 1. The molecule has 0 fully saturated rings. The minimum Gasteiger partial charge on any atom is -0.371 e. The lowest BCUT2D eigenvalue weighted by Crippen LogP contribution is -2.00. The Labute approximate surface area is 145 Å². The standard InChI is InChI=1S/C21H29NO2/c1-3-5-12-18-19(13-6-4-2)21(22-20(18)14-23)16-24-15-17-10-8-7-9-11-17/h7-11,14,22H,3-6,12-13,15-16H2,1-2H3. The summed E-state index contributed by atoms with van der Waals surface area (Å²) in [5.41, 5.74) is 5.50. The third kappa shape index (κ3) is 5.07. The van der Waals surface area contributed by atoms with E-state index in [1.807, 2.05) is 18.2 Å². The zero-order valence-corrected chi connectivity index (χ0v) is 14.9. The Morgan fingerprint density at radius 2 is 1.62 bits per heavy atom. The molecule has 0 spiro atoms. The number of ether oxygens (including phenoxy) is 1. The molecule has 3 nitrogen and oxygen atoms in total. The van der Waals surface area contributed by atoms with Gasteiger partial charge in [0, 0.05) is 5.69 Å². The number of aromatic nitrogens is 1. The Bertz CT molecular complexity index is 616. The fourth-order valence-electron chi connectivity index (χ4n) is 3.02. The number of aromatic amines is 1. The molecule has 0 radical (unpaired) electrons.